The Morgan fingerprint density at radius 3 is 2.55 bits per heavy atom. The zero-order valence-corrected chi connectivity index (χ0v) is 14.5. The molecule has 2 aromatic rings. The highest BCUT2D eigenvalue weighted by Gasteiger charge is 2.19. The van der Waals surface area contributed by atoms with Crippen molar-refractivity contribution in [2.75, 3.05) is 6.61 Å². The number of carbonyl (C=O) groups excluding carboxylic acids is 1. The molecule has 0 N–H and O–H groups in total. The molecule has 0 aromatic carbocycles. The van der Waals surface area contributed by atoms with Gasteiger partial charge >= 0.3 is 5.97 Å². The summed E-state index contributed by atoms with van der Waals surface area (Å²) in [5.74, 6) is 0.0910. The molecule has 0 fully saturated rings. The van der Waals surface area contributed by atoms with Crippen LogP contribution in [0.15, 0.2) is 10.9 Å². The molecule has 0 saturated heterocycles. The number of ether oxygens (including phenoxy) is 1. The molecule has 0 unspecified atom stereocenters. The molecule has 0 radical (unpaired) electrons. The number of hydrogen-bond donors (Lipinski definition) is 0. The average molecular weight is 322 g/mol. The molecule has 0 amide bonds. The van der Waals surface area contributed by atoms with Crippen LogP contribution in [0.25, 0.3) is 10.1 Å². The Kier molecular flexibility index (Phi) is 5.01. The van der Waals surface area contributed by atoms with Crippen LogP contribution >= 0.6 is 11.3 Å². The number of carbonyl (C=O) groups is 1. The van der Waals surface area contributed by atoms with Crippen LogP contribution in [-0.4, -0.2) is 22.4 Å². The number of hydrogen-bond acceptors (Lipinski definition) is 5. The minimum Gasteiger partial charge on any atom is -0.465 e. The number of nitrogens with zero attached hydrogens (tertiary/aromatic N) is 2. The summed E-state index contributed by atoms with van der Waals surface area (Å²) in [6.07, 6.45) is 0. The van der Waals surface area contributed by atoms with E-state index in [2.05, 4.69) is 25.0 Å². The molecule has 5 nitrogen and oxygen atoms in total. The quantitative estimate of drug-likeness (QED) is 0.793. The molecular weight excluding hydrogens is 300 g/mol. The minimum absolute atomic E-state index is 0.142. The molecule has 0 aliphatic rings. The van der Waals surface area contributed by atoms with Crippen LogP contribution < -0.4 is 5.56 Å². The fourth-order valence-corrected chi connectivity index (χ4v) is 3.37. The van der Waals surface area contributed by atoms with E-state index in [0.29, 0.717) is 17.2 Å². The molecule has 0 atom stereocenters. The molecule has 2 rings (SSSR count). The lowest BCUT2D eigenvalue weighted by molar-refractivity contribution is -0.144. The lowest BCUT2D eigenvalue weighted by Crippen LogP contribution is -2.28. The first-order valence-electron chi connectivity index (χ1n) is 7.55. The smallest absolute Gasteiger partial charge is 0.327 e. The van der Waals surface area contributed by atoms with Crippen molar-refractivity contribution in [3.8, 4) is 0 Å². The Morgan fingerprint density at radius 1 is 1.32 bits per heavy atom. The second kappa shape index (κ2) is 6.60. The van der Waals surface area contributed by atoms with Gasteiger partial charge in [-0.25, -0.2) is 4.68 Å². The topological polar surface area (TPSA) is 61.2 Å². The lowest BCUT2D eigenvalue weighted by atomic mass is 10.1. The van der Waals surface area contributed by atoms with E-state index in [1.807, 2.05) is 13.8 Å². The van der Waals surface area contributed by atoms with Crippen molar-refractivity contribution in [1.82, 2.24) is 9.78 Å². The standard InChI is InChI=1S/C16H22N2O3S/c1-6-21-13(19)8-18-16(20)15-11(14(17-18)10(4)5)7-12(22-15)9(2)3/h7,9-10H,6,8H2,1-5H3. The molecule has 0 spiro atoms. The minimum atomic E-state index is -0.438. The molecule has 22 heavy (non-hydrogen) atoms. The van der Waals surface area contributed by atoms with Crippen molar-refractivity contribution < 1.29 is 9.53 Å². The van der Waals surface area contributed by atoms with Crippen molar-refractivity contribution >= 4 is 27.4 Å². The number of thiophene rings is 1. The second-order valence-electron chi connectivity index (χ2n) is 5.85. The van der Waals surface area contributed by atoms with E-state index in [1.54, 1.807) is 6.92 Å². The molecule has 0 saturated carbocycles. The summed E-state index contributed by atoms with van der Waals surface area (Å²) in [6, 6.07) is 2.06. The largest absolute Gasteiger partial charge is 0.465 e. The fraction of sp³-hybridized carbons (Fsp3) is 0.562. The Labute approximate surface area is 133 Å². The van der Waals surface area contributed by atoms with Crippen LogP contribution in [0.2, 0.25) is 0 Å². The van der Waals surface area contributed by atoms with Crippen molar-refractivity contribution in [2.45, 2.75) is 53.0 Å². The van der Waals surface area contributed by atoms with Crippen molar-refractivity contribution in [3.05, 3.63) is 27.0 Å². The number of aromatic nitrogens is 2. The third-order valence-corrected chi connectivity index (χ3v) is 4.81. The fourth-order valence-electron chi connectivity index (χ4n) is 2.25. The summed E-state index contributed by atoms with van der Waals surface area (Å²) >= 11 is 1.49. The monoisotopic (exact) mass is 322 g/mol. The number of rotatable bonds is 5. The Bertz CT molecular complexity index is 744. The summed E-state index contributed by atoms with van der Waals surface area (Å²) in [5, 5.41) is 5.32. The molecule has 120 valence electrons. The first-order valence-corrected chi connectivity index (χ1v) is 8.36. The van der Waals surface area contributed by atoms with E-state index in [-0.39, 0.29) is 18.0 Å². The molecule has 2 aromatic heterocycles. The number of fused-ring (bicyclic) bond motifs is 1. The van der Waals surface area contributed by atoms with Gasteiger partial charge in [-0.15, -0.1) is 11.3 Å². The van der Waals surface area contributed by atoms with Crippen LogP contribution in [0.3, 0.4) is 0 Å². The van der Waals surface area contributed by atoms with Crippen LogP contribution in [-0.2, 0) is 16.1 Å². The average Bonchev–Trinajstić information content (AvgIpc) is 2.87. The molecule has 0 aliphatic carbocycles. The third-order valence-electron chi connectivity index (χ3n) is 3.38. The Morgan fingerprint density at radius 2 is 2.00 bits per heavy atom. The predicted octanol–water partition coefficient (Wildman–Crippen LogP) is 3.27. The third kappa shape index (κ3) is 3.21. The first kappa shape index (κ1) is 16.7. The summed E-state index contributed by atoms with van der Waals surface area (Å²) in [5.41, 5.74) is 0.631. The van der Waals surface area contributed by atoms with Gasteiger partial charge in [0.2, 0.25) is 0 Å². The van der Waals surface area contributed by atoms with E-state index in [9.17, 15) is 9.59 Å². The summed E-state index contributed by atoms with van der Waals surface area (Å²) in [6.45, 7) is 10.2. The van der Waals surface area contributed by atoms with Crippen LogP contribution in [0.5, 0.6) is 0 Å². The molecule has 2 heterocycles. The molecular formula is C16H22N2O3S. The maximum absolute atomic E-state index is 12.6. The summed E-state index contributed by atoms with van der Waals surface area (Å²) in [4.78, 5) is 25.4. The van der Waals surface area contributed by atoms with Gasteiger partial charge in [-0.2, -0.15) is 5.10 Å². The molecule has 0 aliphatic heterocycles. The summed E-state index contributed by atoms with van der Waals surface area (Å²) in [7, 11) is 0. The van der Waals surface area contributed by atoms with Gasteiger partial charge in [0.15, 0.2) is 0 Å². The SMILES string of the molecule is CCOC(=O)Cn1nc(C(C)C)c2cc(C(C)C)sc2c1=O. The van der Waals surface area contributed by atoms with Crippen molar-refractivity contribution in [2.24, 2.45) is 0 Å². The van der Waals surface area contributed by atoms with E-state index in [4.69, 9.17) is 4.74 Å². The van der Waals surface area contributed by atoms with E-state index < -0.39 is 5.97 Å². The maximum atomic E-state index is 12.6. The zero-order chi connectivity index (χ0) is 16.4. The van der Waals surface area contributed by atoms with E-state index >= 15 is 0 Å². The summed E-state index contributed by atoms with van der Waals surface area (Å²) < 4.78 is 6.83. The highest BCUT2D eigenvalue weighted by Crippen LogP contribution is 2.32. The highest BCUT2D eigenvalue weighted by atomic mass is 32.1. The van der Waals surface area contributed by atoms with Crippen molar-refractivity contribution in [1.29, 1.82) is 0 Å². The maximum Gasteiger partial charge on any atom is 0.327 e. The second-order valence-corrected chi connectivity index (χ2v) is 6.94. The lowest BCUT2D eigenvalue weighted by Gasteiger charge is -2.10. The van der Waals surface area contributed by atoms with E-state index in [1.165, 1.54) is 16.0 Å². The van der Waals surface area contributed by atoms with Gasteiger partial charge in [0.25, 0.3) is 5.56 Å². The van der Waals surface area contributed by atoms with Gasteiger partial charge < -0.3 is 4.74 Å². The van der Waals surface area contributed by atoms with Gasteiger partial charge in [0, 0.05) is 10.3 Å². The van der Waals surface area contributed by atoms with Crippen molar-refractivity contribution in [3.63, 3.8) is 0 Å². The number of esters is 1. The van der Waals surface area contributed by atoms with Crippen LogP contribution in [0, 0.1) is 0 Å². The van der Waals surface area contributed by atoms with Gasteiger partial charge in [-0.05, 0) is 24.8 Å². The highest BCUT2D eigenvalue weighted by molar-refractivity contribution is 7.19. The Hall–Kier alpha value is -1.69. The van der Waals surface area contributed by atoms with Crippen LogP contribution in [0.4, 0.5) is 0 Å². The predicted molar refractivity (Wildman–Crippen MR) is 88.7 cm³/mol. The Balaban J connectivity index is 2.61. The normalized spacial score (nSPS) is 11.6. The first-order chi connectivity index (χ1) is 10.3. The van der Waals surface area contributed by atoms with Gasteiger partial charge in [0.05, 0.1) is 12.3 Å². The zero-order valence-electron chi connectivity index (χ0n) is 13.7. The van der Waals surface area contributed by atoms with Gasteiger partial charge in [0.1, 0.15) is 11.2 Å². The van der Waals surface area contributed by atoms with E-state index in [0.717, 1.165) is 16.0 Å². The van der Waals surface area contributed by atoms with Crippen LogP contribution in [0.1, 0.15) is 57.0 Å². The molecule has 6 heteroatoms. The van der Waals surface area contributed by atoms with Gasteiger partial charge in [-0.3, -0.25) is 9.59 Å². The molecule has 0 bridgehead atoms. The van der Waals surface area contributed by atoms with Gasteiger partial charge in [-0.1, -0.05) is 27.7 Å².